The Balaban J connectivity index is 0.961. The van der Waals surface area contributed by atoms with Gasteiger partial charge < -0.3 is 0 Å². The van der Waals surface area contributed by atoms with Gasteiger partial charge in [0.25, 0.3) is 0 Å². The van der Waals surface area contributed by atoms with E-state index < -0.39 is 5.41 Å². The quantitative estimate of drug-likeness (QED) is 0.0964. The van der Waals surface area contributed by atoms with Gasteiger partial charge in [0, 0.05) is 11.1 Å². The van der Waals surface area contributed by atoms with Crippen LogP contribution in [0.5, 0.6) is 0 Å². The number of amidine groups is 1. The van der Waals surface area contributed by atoms with E-state index in [1.54, 1.807) is 6.08 Å². The number of benzene rings is 11. The molecule has 11 aromatic carbocycles. The lowest BCUT2D eigenvalue weighted by Crippen LogP contribution is -2.25. The molecule has 13 rings (SSSR count). The molecule has 2 aliphatic rings. The zero-order valence-corrected chi connectivity index (χ0v) is 41.4. The SMILES string of the molecule is C=C/C(=N\C(=N/C(=C)c1ccc(-c2ccccc2)cc1)c1cccc(-c2cccc(-c3cc4c(cc3-c3ccc(-c5ccccc5)cc3)-c3ccccc3C43c4ccccc4-c4ccccc43)c2)c1)c1ccccc1. The second kappa shape index (κ2) is 19.0. The van der Waals surface area contributed by atoms with Crippen LogP contribution in [0.4, 0.5) is 0 Å². The van der Waals surface area contributed by atoms with Crippen molar-refractivity contribution < 1.29 is 0 Å². The van der Waals surface area contributed by atoms with Gasteiger partial charge in [0.05, 0.1) is 16.8 Å². The summed E-state index contributed by atoms with van der Waals surface area (Å²) in [4.78, 5) is 10.4. The molecule has 0 fully saturated rings. The average Bonchev–Trinajstić information content (AvgIpc) is 4.17. The van der Waals surface area contributed by atoms with Gasteiger partial charge in [-0.05, 0) is 136 Å². The van der Waals surface area contributed by atoms with Gasteiger partial charge in [-0.2, -0.15) is 0 Å². The monoisotopic (exact) mass is 954 g/mol. The molecule has 0 atom stereocenters. The van der Waals surface area contributed by atoms with Gasteiger partial charge in [-0.15, -0.1) is 0 Å². The highest BCUT2D eigenvalue weighted by molar-refractivity contribution is 6.17. The van der Waals surface area contributed by atoms with Crippen LogP contribution in [-0.2, 0) is 5.41 Å². The number of hydrogen-bond donors (Lipinski definition) is 0. The third kappa shape index (κ3) is 7.92. The van der Waals surface area contributed by atoms with E-state index in [4.69, 9.17) is 9.98 Å². The number of aliphatic imine (C=N–C) groups is 2. The number of rotatable bonds is 10. The molecule has 0 saturated heterocycles. The first kappa shape index (κ1) is 45.1. The smallest absolute Gasteiger partial charge is 0.160 e. The van der Waals surface area contributed by atoms with Crippen molar-refractivity contribution in [2.24, 2.45) is 9.98 Å². The van der Waals surface area contributed by atoms with Gasteiger partial charge in [0.2, 0.25) is 0 Å². The fraction of sp³-hybridized carbons (Fsp3) is 0.0137. The highest BCUT2D eigenvalue weighted by atomic mass is 14.9. The lowest BCUT2D eigenvalue weighted by atomic mass is 9.70. The molecular formula is C73H50N2. The van der Waals surface area contributed by atoms with Crippen LogP contribution in [0.2, 0.25) is 0 Å². The number of nitrogens with zero attached hydrogens (tertiary/aromatic N) is 2. The number of allylic oxidation sites excluding steroid dienone is 1. The van der Waals surface area contributed by atoms with Crippen LogP contribution in [0, 0.1) is 0 Å². The molecule has 0 amide bonds. The second-order valence-electron chi connectivity index (χ2n) is 19.3. The van der Waals surface area contributed by atoms with Gasteiger partial charge in [-0.1, -0.05) is 262 Å². The highest BCUT2D eigenvalue weighted by Gasteiger charge is 2.51. The van der Waals surface area contributed by atoms with Crippen LogP contribution < -0.4 is 0 Å². The first-order valence-corrected chi connectivity index (χ1v) is 25.6. The first-order valence-electron chi connectivity index (χ1n) is 25.6. The average molecular weight is 955 g/mol. The third-order valence-corrected chi connectivity index (χ3v) is 15.1. The first-order chi connectivity index (χ1) is 37.0. The molecule has 0 unspecified atom stereocenters. The zero-order chi connectivity index (χ0) is 50.3. The normalized spacial score (nSPS) is 12.9. The minimum atomic E-state index is -0.482. The summed E-state index contributed by atoms with van der Waals surface area (Å²) in [6.45, 7) is 8.67. The largest absolute Gasteiger partial charge is 0.229 e. The van der Waals surface area contributed by atoms with Crippen LogP contribution in [0.25, 0.3) is 83.6 Å². The van der Waals surface area contributed by atoms with Crippen molar-refractivity contribution >= 4 is 17.2 Å². The maximum absolute atomic E-state index is 5.24. The van der Waals surface area contributed by atoms with Gasteiger partial charge in [-0.3, -0.25) is 0 Å². The zero-order valence-electron chi connectivity index (χ0n) is 41.4. The molecule has 0 radical (unpaired) electrons. The topological polar surface area (TPSA) is 24.7 Å². The summed E-state index contributed by atoms with van der Waals surface area (Å²) in [5, 5.41) is 0. The van der Waals surface area contributed by atoms with E-state index in [1.807, 2.05) is 36.4 Å². The van der Waals surface area contributed by atoms with E-state index in [0.29, 0.717) is 11.5 Å². The summed E-state index contributed by atoms with van der Waals surface area (Å²) < 4.78 is 0. The number of hydrogen-bond acceptors (Lipinski definition) is 1. The van der Waals surface area contributed by atoms with E-state index in [9.17, 15) is 0 Å². The second-order valence-corrected chi connectivity index (χ2v) is 19.3. The molecule has 352 valence electrons. The lowest BCUT2D eigenvalue weighted by molar-refractivity contribution is 0.794. The Labute approximate surface area is 439 Å². The molecule has 2 nitrogen and oxygen atoms in total. The van der Waals surface area contributed by atoms with Crippen molar-refractivity contribution in [3.05, 3.63) is 331 Å². The van der Waals surface area contributed by atoms with Gasteiger partial charge in [0.15, 0.2) is 5.84 Å². The molecular weight excluding hydrogens is 905 g/mol. The van der Waals surface area contributed by atoms with E-state index in [2.05, 4.69) is 250 Å². The van der Waals surface area contributed by atoms with Crippen LogP contribution >= 0.6 is 0 Å². The maximum Gasteiger partial charge on any atom is 0.160 e. The van der Waals surface area contributed by atoms with Crippen molar-refractivity contribution in [3.8, 4) is 77.9 Å². The molecule has 2 aliphatic carbocycles. The van der Waals surface area contributed by atoms with Gasteiger partial charge in [0.1, 0.15) is 0 Å². The Morgan fingerprint density at radius 1 is 0.293 bits per heavy atom. The Kier molecular flexibility index (Phi) is 11.4. The summed E-state index contributed by atoms with van der Waals surface area (Å²) in [7, 11) is 0. The fourth-order valence-electron chi connectivity index (χ4n) is 11.6. The lowest BCUT2D eigenvalue weighted by Gasteiger charge is -2.31. The van der Waals surface area contributed by atoms with Crippen molar-refractivity contribution in [2.45, 2.75) is 5.41 Å². The predicted octanol–water partition coefficient (Wildman–Crippen LogP) is 18.5. The standard InChI is InChI=1S/C73H50N2/c1-3-71(56-25-11-6-12-26-56)75-72(74-49(2)50-37-39-53(40-38-50)51-21-7-4-8-22-51)60-30-20-28-58(46-60)57-27-19-29-59(45-57)65-48-70-66(47-64(65)55-43-41-54(42-44-55)52-23-9-5-10-24-52)63-33-15-18-36-69(63)73(70)67-34-16-13-31-61(67)62-32-14-17-35-68(62)73/h3-48H,1-2H2/b74-72-,75-71+. The Morgan fingerprint density at radius 3 is 1.31 bits per heavy atom. The predicted molar refractivity (Wildman–Crippen MR) is 315 cm³/mol. The van der Waals surface area contributed by atoms with Crippen molar-refractivity contribution in [3.63, 3.8) is 0 Å². The van der Waals surface area contributed by atoms with Crippen molar-refractivity contribution in [2.75, 3.05) is 0 Å². The minimum Gasteiger partial charge on any atom is -0.229 e. The molecule has 0 heterocycles. The molecule has 11 aromatic rings. The Morgan fingerprint density at radius 2 is 0.720 bits per heavy atom. The van der Waals surface area contributed by atoms with E-state index in [-0.39, 0.29) is 0 Å². The molecule has 0 aliphatic heterocycles. The maximum atomic E-state index is 5.24. The van der Waals surface area contributed by atoms with Crippen molar-refractivity contribution in [1.29, 1.82) is 0 Å². The van der Waals surface area contributed by atoms with Gasteiger partial charge >= 0.3 is 0 Å². The Bertz CT molecular complexity index is 4000. The summed E-state index contributed by atoms with van der Waals surface area (Å²) in [5.41, 5.74) is 25.5. The van der Waals surface area contributed by atoms with Crippen LogP contribution in [0.3, 0.4) is 0 Å². The van der Waals surface area contributed by atoms with Crippen LogP contribution in [-0.4, -0.2) is 11.5 Å². The Hall–Kier alpha value is -9.76. The van der Waals surface area contributed by atoms with Crippen LogP contribution in [0.15, 0.2) is 302 Å². The molecule has 0 saturated carbocycles. The molecule has 2 heteroatoms. The van der Waals surface area contributed by atoms with Gasteiger partial charge in [-0.25, -0.2) is 9.98 Å². The van der Waals surface area contributed by atoms with E-state index in [0.717, 1.165) is 55.8 Å². The van der Waals surface area contributed by atoms with Crippen LogP contribution in [0.1, 0.15) is 38.9 Å². The van der Waals surface area contributed by atoms with E-state index >= 15 is 0 Å². The van der Waals surface area contributed by atoms with Crippen molar-refractivity contribution in [1.82, 2.24) is 0 Å². The summed E-state index contributed by atoms with van der Waals surface area (Å²) in [6, 6.07) is 98.3. The number of fused-ring (bicyclic) bond motifs is 10. The minimum absolute atomic E-state index is 0.482. The molecule has 1 spiro atoms. The molecule has 75 heavy (non-hydrogen) atoms. The fourth-order valence-corrected chi connectivity index (χ4v) is 11.6. The third-order valence-electron chi connectivity index (χ3n) is 15.1. The molecule has 0 N–H and O–H groups in total. The van der Waals surface area contributed by atoms with E-state index in [1.165, 1.54) is 66.8 Å². The summed E-state index contributed by atoms with van der Waals surface area (Å²) >= 11 is 0. The molecule has 0 bridgehead atoms. The summed E-state index contributed by atoms with van der Waals surface area (Å²) in [6.07, 6.45) is 1.80. The molecule has 0 aromatic heterocycles. The highest BCUT2D eigenvalue weighted by Crippen LogP contribution is 2.63. The summed E-state index contributed by atoms with van der Waals surface area (Å²) in [5.74, 6) is 0.547.